The molecule has 0 aromatic heterocycles. The molecule has 1 rings (SSSR count). The fourth-order valence-electron chi connectivity index (χ4n) is 1.66. The molecule has 2 N–H and O–H groups in total. The van der Waals surface area contributed by atoms with Gasteiger partial charge in [-0.05, 0) is 12.1 Å². The number of hydrogen-bond donors (Lipinski definition) is 2. The molecule has 0 saturated carbocycles. The summed E-state index contributed by atoms with van der Waals surface area (Å²) < 4.78 is 5.09. The van der Waals surface area contributed by atoms with Crippen molar-refractivity contribution in [3.05, 3.63) is 24.3 Å². The Bertz CT molecular complexity index is 474. The second-order valence-corrected chi connectivity index (χ2v) is 4.88. The summed E-state index contributed by atoms with van der Waals surface area (Å²) in [7, 11) is 6.79. The molecule has 1 aromatic carbocycles. The van der Waals surface area contributed by atoms with Crippen molar-refractivity contribution in [2.24, 2.45) is 0 Å². The van der Waals surface area contributed by atoms with Crippen molar-refractivity contribution in [2.75, 3.05) is 46.7 Å². The molecular weight excluding hydrogens is 258 g/mol. The maximum absolute atomic E-state index is 11.9. The van der Waals surface area contributed by atoms with Crippen molar-refractivity contribution in [3.8, 4) is 5.75 Å². The zero-order valence-corrected chi connectivity index (χ0v) is 12.4. The molecule has 110 valence electrons. The first-order valence-electron chi connectivity index (χ1n) is 6.37. The van der Waals surface area contributed by atoms with Crippen molar-refractivity contribution in [1.29, 1.82) is 0 Å². The molecule has 1 aromatic rings. The van der Waals surface area contributed by atoms with Crippen LogP contribution in [0, 0.1) is 0 Å². The van der Waals surface area contributed by atoms with Crippen LogP contribution in [-0.4, -0.2) is 58.1 Å². The summed E-state index contributed by atoms with van der Waals surface area (Å²) in [6.45, 7) is 0.523. The first kappa shape index (κ1) is 16.0. The lowest BCUT2D eigenvalue weighted by atomic mass is 10.3. The Kier molecular flexibility index (Phi) is 5.99. The summed E-state index contributed by atoms with van der Waals surface area (Å²) in [5, 5.41) is 2.79. The number of rotatable bonds is 6. The second kappa shape index (κ2) is 7.49. The van der Waals surface area contributed by atoms with Crippen LogP contribution in [0.15, 0.2) is 24.3 Å². The third-order valence-electron chi connectivity index (χ3n) is 2.77. The minimum absolute atomic E-state index is 0.00307. The van der Waals surface area contributed by atoms with E-state index in [0.29, 0.717) is 18.0 Å². The first-order valence-corrected chi connectivity index (χ1v) is 6.37. The third kappa shape index (κ3) is 5.27. The van der Waals surface area contributed by atoms with Gasteiger partial charge in [-0.1, -0.05) is 6.07 Å². The monoisotopic (exact) mass is 280 g/mol. The normalized spacial score (nSPS) is 11.6. The Labute approximate surface area is 119 Å². The lowest BCUT2D eigenvalue weighted by molar-refractivity contribution is -0.862. The number of nitrogens with one attached hydrogen (secondary N) is 2. The fraction of sp³-hybridized carbons (Fsp3) is 0.429. The number of likely N-dealkylation sites (N-methyl/N-ethyl adjacent to an activating group) is 2. The minimum atomic E-state index is -0.137. The highest BCUT2D eigenvalue weighted by Crippen LogP contribution is 2.16. The van der Waals surface area contributed by atoms with Gasteiger partial charge in [0, 0.05) is 25.8 Å². The molecule has 20 heavy (non-hydrogen) atoms. The summed E-state index contributed by atoms with van der Waals surface area (Å²) in [6, 6.07) is 7.16. The highest BCUT2D eigenvalue weighted by atomic mass is 16.5. The van der Waals surface area contributed by atoms with Crippen LogP contribution in [0.2, 0.25) is 0 Å². The van der Waals surface area contributed by atoms with Gasteiger partial charge in [0.05, 0.1) is 14.2 Å². The summed E-state index contributed by atoms with van der Waals surface area (Å²) in [4.78, 5) is 25.8. The number of methoxy groups -OCH3 is 1. The molecular formula is C14H22N3O3+. The van der Waals surface area contributed by atoms with Gasteiger partial charge in [0.2, 0.25) is 0 Å². The van der Waals surface area contributed by atoms with Crippen LogP contribution in [-0.2, 0) is 9.59 Å². The number of nitrogens with zero attached hydrogens (tertiary/aromatic N) is 1. The maximum atomic E-state index is 11.9. The van der Waals surface area contributed by atoms with Gasteiger partial charge < -0.3 is 19.9 Å². The van der Waals surface area contributed by atoms with Crippen LogP contribution >= 0.6 is 0 Å². The smallest absolute Gasteiger partial charge is 0.279 e. The van der Waals surface area contributed by atoms with Crippen LogP contribution in [0.4, 0.5) is 5.69 Å². The average molecular weight is 280 g/mol. The predicted octanol–water partition coefficient (Wildman–Crippen LogP) is -0.763. The van der Waals surface area contributed by atoms with Gasteiger partial charge in [-0.25, -0.2) is 0 Å². The highest BCUT2D eigenvalue weighted by Gasteiger charge is 2.15. The molecule has 0 bridgehead atoms. The SMILES string of the molecule is COc1cccc(NC(=O)C[NH+](C)CC(=O)N(C)C)c1. The summed E-state index contributed by atoms with van der Waals surface area (Å²) in [5.74, 6) is 0.547. The van der Waals surface area contributed by atoms with Gasteiger partial charge in [0.25, 0.3) is 11.8 Å². The molecule has 0 heterocycles. The largest absolute Gasteiger partial charge is 0.497 e. The van der Waals surface area contributed by atoms with Crippen molar-refractivity contribution >= 4 is 17.5 Å². The van der Waals surface area contributed by atoms with Gasteiger partial charge in [-0.15, -0.1) is 0 Å². The van der Waals surface area contributed by atoms with E-state index < -0.39 is 0 Å². The lowest BCUT2D eigenvalue weighted by Gasteiger charge is -2.16. The molecule has 0 aliphatic heterocycles. The molecule has 6 nitrogen and oxygen atoms in total. The van der Waals surface area contributed by atoms with Gasteiger partial charge in [-0.2, -0.15) is 0 Å². The van der Waals surface area contributed by atoms with E-state index in [1.54, 1.807) is 39.4 Å². The molecule has 6 heteroatoms. The molecule has 1 unspecified atom stereocenters. The lowest BCUT2D eigenvalue weighted by Crippen LogP contribution is -3.11. The van der Waals surface area contributed by atoms with Crippen LogP contribution in [0.5, 0.6) is 5.75 Å². The Balaban J connectivity index is 2.48. The number of carbonyl (C=O) groups excluding carboxylic acids is 2. The quantitative estimate of drug-likeness (QED) is 0.720. The highest BCUT2D eigenvalue weighted by molar-refractivity contribution is 5.91. The van der Waals surface area contributed by atoms with E-state index >= 15 is 0 Å². The number of carbonyl (C=O) groups is 2. The van der Waals surface area contributed by atoms with E-state index in [0.717, 1.165) is 4.90 Å². The Morgan fingerprint density at radius 1 is 1.30 bits per heavy atom. The average Bonchev–Trinajstić information content (AvgIpc) is 2.38. The Morgan fingerprint density at radius 3 is 2.60 bits per heavy atom. The topological polar surface area (TPSA) is 63.1 Å². The van der Waals surface area contributed by atoms with Gasteiger partial charge in [0.15, 0.2) is 13.1 Å². The van der Waals surface area contributed by atoms with Gasteiger partial charge in [0.1, 0.15) is 5.75 Å². The van der Waals surface area contributed by atoms with E-state index in [1.165, 1.54) is 4.90 Å². The van der Waals surface area contributed by atoms with Crippen LogP contribution in [0.1, 0.15) is 0 Å². The molecule has 0 aliphatic carbocycles. The van der Waals surface area contributed by atoms with E-state index in [-0.39, 0.29) is 18.4 Å². The summed E-state index contributed by atoms with van der Waals surface area (Å²) in [5.41, 5.74) is 0.682. The molecule has 0 saturated heterocycles. The van der Waals surface area contributed by atoms with Crippen LogP contribution in [0.25, 0.3) is 0 Å². The Morgan fingerprint density at radius 2 is 2.00 bits per heavy atom. The van der Waals surface area contributed by atoms with E-state index in [2.05, 4.69) is 5.32 Å². The van der Waals surface area contributed by atoms with Crippen molar-refractivity contribution in [1.82, 2.24) is 4.90 Å². The molecule has 0 fully saturated rings. The molecule has 0 spiro atoms. The number of benzene rings is 1. The third-order valence-corrected chi connectivity index (χ3v) is 2.77. The molecule has 2 amide bonds. The van der Waals surface area contributed by atoms with Gasteiger partial charge >= 0.3 is 0 Å². The molecule has 1 atom stereocenters. The summed E-state index contributed by atoms with van der Waals surface area (Å²) in [6.07, 6.45) is 0. The molecule has 0 radical (unpaired) electrons. The fourth-order valence-corrected chi connectivity index (χ4v) is 1.66. The second-order valence-electron chi connectivity index (χ2n) is 4.88. The number of anilines is 1. The van der Waals surface area contributed by atoms with Crippen molar-refractivity contribution in [2.45, 2.75) is 0 Å². The van der Waals surface area contributed by atoms with Gasteiger partial charge in [-0.3, -0.25) is 9.59 Å². The number of amides is 2. The minimum Gasteiger partial charge on any atom is -0.497 e. The number of hydrogen-bond acceptors (Lipinski definition) is 3. The van der Waals surface area contributed by atoms with Crippen LogP contribution < -0.4 is 15.0 Å². The van der Waals surface area contributed by atoms with Crippen molar-refractivity contribution < 1.29 is 19.2 Å². The molecule has 0 aliphatic rings. The van der Waals surface area contributed by atoms with E-state index in [9.17, 15) is 9.59 Å². The number of ether oxygens (including phenoxy) is 1. The zero-order chi connectivity index (χ0) is 15.1. The van der Waals surface area contributed by atoms with Crippen LogP contribution in [0.3, 0.4) is 0 Å². The van der Waals surface area contributed by atoms with Crippen molar-refractivity contribution in [3.63, 3.8) is 0 Å². The number of quaternary nitrogens is 1. The Hall–Kier alpha value is -2.08. The zero-order valence-electron chi connectivity index (χ0n) is 12.4. The first-order chi connectivity index (χ1) is 9.42. The van der Waals surface area contributed by atoms with E-state index in [4.69, 9.17) is 4.74 Å². The van der Waals surface area contributed by atoms with E-state index in [1.807, 2.05) is 13.1 Å². The maximum Gasteiger partial charge on any atom is 0.279 e. The standard InChI is InChI=1S/C14H21N3O3/c1-16(2)14(19)10-17(3)9-13(18)15-11-6-5-7-12(8-11)20-4/h5-8H,9-10H2,1-4H3,(H,15,18)/p+1. The predicted molar refractivity (Wildman–Crippen MR) is 76.9 cm³/mol. The summed E-state index contributed by atoms with van der Waals surface area (Å²) >= 11 is 0.